The summed E-state index contributed by atoms with van der Waals surface area (Å²) in [5.41, 5.74) is 2.00. The molecule has 0 heterocycles. The third kappa shape index (κ3) is 2.74. The number of benzene rings is 3. The lowest BCUT2D eigenvalue weighted by molar-refractivity contribution is 1.59. The zero-order valence-corrected chi connectivity index (χ0v) is 13.0. The number of halogens is 1. The molecule has 1 N–H and O–H groups in total. The predicted molar refractivity (Wildman–Crippen MR) is 93.4 cm³/mol. The van der Waals surface area contributed by atoms with E-state index in [0.29, 0.717) is 0 Å². The number of hydrogen-bond donors (Lipinski definition) is 1. The van der Waals surface area contributed by atoms with Crippen molar-refractivity contribution in [1.82, 2.24) is 0 Å². The van der Waals surface area contributed by atoms with Crippen LogP contribution in [0.4, 0.5) is 5.69 Å². The molecule has 98 valence electrons. The van der Waals surface area contributed by atoms with Crippen molar-refractivity contribution in [3.8, 4) is 0 Å². The number of anilines is 1. The lowest BCUT2D eigenvalue weighted by Crippen LogP contribution is -2.10. The van der Waals surface area contributed by atoms with Gasteiger partial charge in [0, 0.05) is 10.0 Å². The lowest BCUT2D eigenvalue weighted by Gasteiger charge is -2.10. The van der Waals surface area contributed by atoms with Crippen molar-refractivity contribution in [2.24, 2.45) is 0 Å². The molecule has 3 aromatic rings. The molecule has 1 nitrogen and oxygen atoms in total. The minimum absolute atomic E-state index is 0.725. The molecule has 20 heavy (non-hydrogen) atoms. The number of thiocarbonyl (C=S) groups is 1. The fourth-order valence-corrected chi connectivity index (χ4v) is 2.71. The first-order valence-electron chi connectivity index (χ1n) is 6.29. The van der Waals surface area contributed by atoms with Crippen molar-refractivity contribution in [3.05, 3.63) is 76.8 Å². The van der Waals surface area contributed by atoms with Gasteiger partial charge in [0.15, 0.2) is 0 Å². The third-order valence-electron chi connectivity index (χ3n) is 3.13. The van der Waals surface area contributed by atoms with Gasteiger partial charge in [0.2, 0.25) is 0 Å². The molecule has 0 aliphatic heterocycles. The van der Waals surface area contributed by atoms with Crippen LogP contribution in [0.3, 0.4) is 0 Å². The van der Waals surface area contributed by atoms with Crippen molar-refractivity contribution in [2.45, 2.75) is 0 Å². The Balaban J connectivity index is 1.91. The van der Waals surface area contributed by atoms with Crippen molar-refractivity contribution in [3.63, 3.8) is 0 Å². The minimum atomic E-state index is 0.725. The molecule has 0 bridgehead atoms. The SMILES string of the molecule is S=C(Nc1ccccc1Br)c1ccc2ccccc2c1. The zero-order chi connectivity index (χ0) is 13.9. The summed E-state index contributed by atoms with van der Waals surface area (Å²) in [4.78, 5) is 0.725. The second-order valence-corrected chi connectivity index (χ2v) is 5.76. The molecule has 0 aromatic heterocycles. The first-order valence-corrected chi connectivity index (χ1v) is 7.49. The second kappa shape index (κ2) is 5.73. The molecule has 0 atom stereocenters. The first kappa shape index (κ1) is 13.3. The topological polar surface area (TPSA) is 12.0 Å². The van der Waals surface area contributed by atoms with E-state index in [-0.39, 0.29) is 0 Å². The van der Waals surface area contributed by atoms with Gasteiger partial charge in [-0.1, -0.05) is 60.7 Å². The van der Waals surface area contributed by atoms with Gasteiger partial charge in [-0.15, -0.1) is 0 Å². The summed E-state index contributed by atoms with van der Waals surface area (Å²) in [5.74, 6) is 0. The Morgan fingerprint density at radius 3 is 2.35 bits per heavy atom. The molecule has 0 saturated heterocycles. The van der Waals surface area contributed by atoms with Crippen LogP contribution < -0.4 is 5.32 Å². The van der Waals surface area contributed by atoms with Gasteiger partial charge in [-0.3, -0.25) is 0 Å². The lowest BCUT2D eigenvalue weighted by atomic mass is 10.1. The van der Waals surface area contributed by atoms with Crippen LogP contribution in [0.5, 0.6) is 0 Å². The van der Waals surface area contributed by atoms with E-state index in [1.54, 1.807) is 0 Å². The van der Waals surface area contributed by atoms with Gasteiger partial charge >= 0.3 is 0 Å². The molecule has 0 fully saturated rings. The average Bonchev–Trinajstić information content (AvgIpc) is 2.49. The average molecular weight is 342 g/mol. The highest BCUT2D eigenvalue weighted by atomic mass is 79.9. The van der Waals surface area contributed by atoms with Gasteiger partial charge in [0.1, 0.15) is 4.99 Å². The van der Waals surface area contributed by atoms with Gasteiger partial charge in [0.25, 0.3) is 0 Å². The highest BCUT2D eigenvalue weighted by Gasteiger charge is 2.05. The number of rotatable bonds is 2. The van der Waals surface area contributed by atoms with E-state index >= 15 is 0 Å². The maximum absolute atomic E-state index is 5.49. The Bertz CT molecular complexity index is 783. The number of fused-ring (bicyclic) bond motifs is 1. The van der Waals surface area contributed by atoms with E-state index in [1.807, 2.05) is 36.4 Å². The van der Waals surface area contributed by atoms with E-state index in [1.165, 1.54) is 10.8 Å². The standard InChI is InChI=1S/C17H12BrNS/c18-15-7-3-4-8-16(15)19-17(20)14-10-9-12-5-1-2-6-13(12)11-14/h1-11H,(H,19,20). The molecule has 3 rings (SSSR count). The van der Waals surface area contributed by atoms with Gasteiger partial charge in [-0.25, -0.2) is 0 Å². The molecule has 0 unspecified atom stereocenters. The molecule has 3 heteroatoms. The maximum Gasteiger partial charge on any atom is 0.111 e. The van der Waals surface area contributed by atoms with E-state index in [2.05, 4.69) is 51.6 Å². The largest absolute Gasteiger partial charge is 0.345 e. The number of nitrogens with one attached hydrogen (secondary N) is 1. The smallest absolute Gasteiger partial charge is 0.111 e. The van der Waals surface area contributed by atoms with Crippen molar-refractivity contribution in [1.29, 1.82) is 0 Å². The highest BCUT2D eigenvalue weighted by Crippen LogP contribution is 2.23. The van der Waals surface area contributed by atoms with Gasteiger partial charge < -0.3 is 5.32 Å². The summed E-state index contributed by atoms with van der Waals surface area (Å²) in [6, 6.07) is 22.5. The Kier molecular flexibility index (Phi) is 3.81. The summed E-state index contributed by atoms with van der Waals surface area (Å²) in [6.07, 6.45) is 0. The molecule has 0 spiro atoms. The quantitative estimate of drug-likeness (QED) is 0.627. The third-order valence-corrected chi connectivity index (χ3v) is 4.16. The van der Waals surface area contributed by atoms with Crippen molar-refractivity contribution in [2.75, 3.05) is 5.32 Å². The van der Waals surface area contributed by atoms with Crippen molar-refractivity contribution < 1.29 is 0 Å². The molecule has 0 saturated carbocycles. The van der Waals surface area contributed by atoms with Crippen LogP contribution in [0.25, 0.3) is 10.8 Å². The molecule has 0 amide bonds. The van der Waals surface area contributed by atoms with Crippen LogP contribution in [-0.4, -0.2) is 4.99 Å². The molecule has 0 aliphatic carbocycles. The predicted octanol–water partition coefficient (Wildman–Crippen LogP) is 5.39. The minimum Gasteiger partial charge on any atom is -0.345 e. The van der Waals surface area contributed by atoms with Gasteiger partial charge in [0.05, 0.1) is 5.69 Å². The molecule has 3 aromatic carbocycles. The van der Waals surface area contributed by atoms with Crippen LogP contribution in [0.15, 0.2) is 71.2 Å². The maximum atomic E-state index is 5.49. The fourth-order valence-electron chi connectivity index (χ4n) is 2.09. The summed E-state index contributed by atoms with van der Waals surface area (Å²) < 4.78 is 1.00. The van der Waals surface area contributed by atoms with Crippen LogP contribution >= 0.6 is 28.1 Å². The number of hydrogen-bond acceptors (Lipinski definition) is 1. The summed E-state index contributed by atoms with van der Waals surface area (Å²) >= 11 is 9.01. The molecule has 0 radical (unpaired) electrons. The van der Waals surface area contributed by atoms with Gasteiger partial charge in [-0.2, -0.15) is 0 Å². The number of para-hydroxylation sites is 1. The normalized spacial score (nSPS) is 10.4. The van der Waals surface area contributed by atoms with E-state index < -0.39 is 0 Å². The Morgan fingerprint density at radius 1 is 0.850 bits per heavy atom. The molecular formula is C17H12BrNS. The van der Waals surface area contributed by atoms with Crippen LogP contribution in [0.1, 0.15) is 5.56 Å². The second-order valence-electron chi connectivity index (χ2n) is 4.50. The zero-order valence-electron chi connectivity index (χ0n) is 10.6. The highest BCUT2D eigenvalue weighted by molar-refractivity contribution is 9.10. The summed E-state index contributed by atoms with van der Waals surface area (Å²) in [6.45, 7) is 0. The monoisotopic (exact) mass is 341 g/mol. The summed E-state index contributed by atoms with van der Waals surface area (Å²) in [7, 11) is 0. The van der Waals surface area contributed by atoms with Crippen LogP contribution in [0, 0.1) is 0 Å². The van der Waals surface area contributed by atoms with Gasteiger partial charge in [-0.05, 0) is 44.9 Å². The fraction of sp³-hybridized carbons (Fsp3) is 0. The van der Waals surface area contributed by atoms with Crippen LogP contribution in [-0.2, 0) is 0 Å². The Labute approximate surface area is 131 Å². The Hall–Kier alpha value is -1.71. The van der Waals surface area contributed by atoms with Crippen molar-refractivity contribution >= 4 is 49.6 Å². The Morgan fingerprint density at radius 2 is 1.55 bits per heavy atom. The first-order chi connectivity index (χ1) is 9.74. The van der Waals surface area contributed by atoms with E-state index in [4.69, 9.17) is 12.2 Å². The van der Waals surface area contributed by atoms with E-state index in [0.717, 1.165) is 20.7 Å². The molecule has 0 aliphatic rings. The van der Waals surface area contributed by atoms with E-state index in [9.17, 15) is 0 Å². The summed E-state index contributed by atoms with van der Waals surface area (Å²) in [5, 5.41) is 5.69. The molecular weight excluding hydrogens is 330 g/mol. The van der Waals surface area contributed by atoms with Crippen LogP contribution in [0.2, 0.25) is 0 Å².